The molecule has 8 nitrogen and oxygen atoms in total. The number of hydrogen-bond donors (Lipinski definition) is 1. The zero-order valence-corrected chi connectivity index (χ0v) is 15.8. The Morgan fingerprint density at radius 1 is 1.19 bits per heavy atom. The van der Waals surface area contributed by atoms with Gasteiger partial charge in [0.2, 0.25) is 0 Å². The highest BCUT2D eigenvalue weighted by atomic mass is 16.5. The van der Waals surface area contributed by atoms with Crippen LogP contribution in [0.4, 0.5) is 11.5 Å². The maximum atomic E-state index is 13.2. The number of anilines is 2. The highest BCUT2D eigenvalue weighted by Gasteiger charge is 2.23. The molecule has 1 saturated heterocycles. The van der Waals surface area contributed by atoms with E-state index >= 15 is 0 Å². The molecule has 1 fully saturated rings. The number of nitrogens with zero attached hydrogens (tertiary/aromatic N) is 3. The molecule has 1 aliphatic rings. The van der Waals surface area contributed by atoms with Gasteiger partial charge in [0, 0.05) is 19.6 Å². The van der Waals surface area contributed by atoms with Crippen molar-refractivity contribution in [3.8, 4) is 5.75 Å². The highest BCUT2D eigenvalue weighted by molar-refractivity contribution is 5.63. The van der Waals surface area contributed by atoms with Crippen molar-refractivity contribution in [3.05, 3.63) is 50.7 Å². The summed E-state index contributed by atoms with van der Waals surface area (Å²) in [4.78, 5) is 28.1. The topological polar surface area (TPSA) is 91.7 Å². The van der Waals surface area contributed by atoms with E-state index in [0.29, 0.717) is 44.3 Å². The van der Waals surface area contributed by atoms with Crippen LogP contribution in [0.1, 0.15) is 18.9 Å². The number of methoxy groups -OCH3 is 1. The first-order valence-corrected chi connectivity index (χ1v) is 9.15. The molecular weight excluding hydrogens is 348 g/mol. The molecule has 0 radical (unpaired) electrons. The minimum atomic E-state index is -0.390. The van der Waals surface area contributed by atoms with Crippen LogP contribution >= 0.6 is 0 Å². The molecule has 3 rings (SSSR count). The lowest BCUT2D eigenvalue weighted by Crippen LogP contribution is -2.47. The zero-order chi connectivity index (χ0) is 19.4. The molecule has 0 spiro atoms. The third kappa shape index (κ3) is 3.85. The lowest BCUT2D eigenvalue weighted by Gasteiger charge is -2.30. The lowest BCUT2D eigenvalue weighted by molar-refractivity contribution is 0.122. The number of aromatic nitrogens is 2. The first-order chi connectivity index (χ1) is 13.1. The van der Waals surface area contributed by atoms with Gasteiger partial charge < -0.3 is 20.1 Å². The Bertz CT molecular complexity index is 913. The van der Waals surface area contributed by atoms with Crippen LogP contribution in [-0.2, 0) is 17.8 Å². The molecule has 27 heavy (non-hydrogen) atoms. The van der Waals surface area contributed by atoms with Gasteiger partial charge in [-0.2, -0.15) is 0 Å². The van der Waals surface area contributed by atoms with Crippen LogP contribution in [0.3, 0.4) is 0 Å². The molecule has 0 atom stereocenters. The fourth-order valence-electron chi connectivity index (χ4n) is 3.32. The molecule has 0 amide bonds. The van der Waals surface area contributed by atoms with Crippen molar-refractivity contribution < 1.29 is 9.47 Å². The van der Waals surface area contributed by atoms with E-state index in [1.165, 1.54) is 9.13 Å². The van der Waals surface area contributed by atoms with Gasteiger partial charge in [-0.15, -0.1) is 0 Å². The third-order valence-electron chi connectivity index (χ3n) is 4.69. The number of morpholine rings is 1. The van der Waals surface area contributed by atoms with E-state index in [1.54, 1.807) is 7.11 Å². The summed E-state index contributed by atoms with van der Waals surface area (Å²) in [7, 11) is 1.58. The second-order valence-corrected chi connectivity index (χ2v) is 6.51. The molecule has 146 valence electrons. The maximum absolute atomic E-state index is 13.2. The second-order valence-electron chi connectivity index (χ2n) is 6.51. The van der Waals surface area contributed by atoms with Gasteiger partial charge in [0.25, 0.3) is 5.56 Å². The van der Waals surface area contributed by atoms with Crippen LogP contribution in [0.2, 0.25) is 0 Å². The van der Waals surface area contributed by atoms with Crippen LogP contribution in [0.15, 0.2) is 33.9 Å². The van der Waals surface area contributed by atoms with E-state index in [9.17, 15) is 9.59 Å². The molecule has 0 unspecified atom stereocenters. The van der Waals surface area contributed by atoms with Crippen molar-refractivity contribution in [2.75, 3.05) is 44.0 Å². The number of rotatable bonds is 6. The maximum Gasteiger partial charge on any atom is 0.332 e. The molecule has 2 N–H and O–H groups in total. The van der Waals surface area contributed by atoms with Crippen LogP contribution < -0.4 is 26.6 Å². The van der Waals surface area contributed by atoms with Gasteiger partial charge in [0.15, 0.2) is 0 Å². The molecule has 8 heteroatoms. The van der Waals surface area contributed by atoms with Gasteiger partial charge in [-0.3, -0.25) is 13.9 Å². The molecule has 2 aromatic rings. The average molecular weight is 374 g/mol. The van der Waals surface area contributed by atoms with Gasteiger partial charge in [0.05, 0.1) is 26.9 Å². The normalized spacial score (nSPS) is 14.4. The fourth-order valence-corrected chi connectivity index (χ4v) is 3.32. The molecule has 1 aromatic heterocycles. The Balaban J connectivity index is 2.12. The quantitative estimate of drug-likeness (QED) is 0.808. The molecule has 0 bridgehead atoms. The number of hydrogen-bond acceptors (Lipinski definition) is 6. The molecule has 1 aliphatic heterocycles. The van der Waals surface area contributed by atoms with Crippen LogP contribution in [0, 0.1) is 0 Å². The molecular formula is C19H26N4O4. The Morgan fingerprint density at radius 2 is 1.93 bits per heavy atom. The minimum Gasteiger partial charge on any atom is -0.497 e. The predicted octanol–water partition coefficient (Wildman–Crippen LogP) is 0.896. The van der Waals surface area contributed by atoms with Crippen molar-refractivity contribution >= 4 is 11.5 Å². The summed E-state index contributed by atoms with van der Waals surface area (Å²) in [6.45, 7) is 4.80. The van der Waals surface area contributed by atoms with E-state index in [4.69, 9.17) is 15.2 Å². The SMILES string of the molecule is CCCn1c(N)c(N2CCOCC2)c(=O)n(Cc2cccc(OC)c2)c1=O. The molecule has 2 heterocycles. The Kier molecular flexibility index (Phi) is 5.85. The van der Waals surface area contributed by atoms with E-state index in [2.05, 4.69) is 0 Å². The third-order valence-corrected chi connectivity index (χ3v) is 4.69. The van der Waals surface area contributed by atoms with E-state index in [-0.39, 0.29) is 23.6 Å². The largest absolute Gasteiger partial charge is 0.497 e. The van der Waals surface area contributed by atoms with Gasteiger partial charge in [-0.25, -0.2) is 4.79 Å². The summed E-state index contributed by atoms with van der Waals surface area (Å²) in [5.74, 6) is 0.911. The van der Waals surface area contributed by atoms with Gasteiger partial charge in [-0.1, -0.05) is 19.1 Å². The predicted molar refractivity (Wildman–Crippen MR) is 105 cm³/mol. The highest BCUT2D eigenvalue weighted by Crippen LogP contribution is 2.19. The fraction of sp³-hybridized carbons (Fsp3) is 0.474. The monoisotopic (exact) mass is 374 g/mol. The van der Waals surface area contributed by atoms with Crippen molar-refractivity contribution in [3.63, 3.8) is 0 Å². The first kappa shape index (κ1) is 19.0. The van der Waals surface area contributed by atoms with E-state index in [1.807, 2.05) is 36.1 Å². The van der Waals surface area contributed by atoms with Crippen LogP contribution in [0.5, 0.6) is 5.75 Å². The van der Waals surface area contributed by atoms with Crippen LogP contribution in [0.25, 0.3) is 0 Å². The summed E-state index contributed by atoms with van der Waals surface area (Å²) in [5.41, 5.74) is 6.70. The average Bonchev–Trinajstić information content (AvgIpc) is 2.69. The van der Waals surface area contributed by atoms with Crippen molar-refractivity contribution in [1.29, 1.82) is 0 Å². The molecule has 1 aromatic carbocycles. The van der Waals surface area contributed by atoms with Crippen molar-refractivity contribution in [2.45, 2.75) is 26.4 Å². The number of nitrogens with two attached hydrogens (primary N) is 1. The minimum absolute atomic E-state index is 0.163. The van der Waals surface area contributed by atoms with Crippen molar-refractivity contribution in [2.24, 2.45) is 0 Å². The Hall–Kier alpha value is -2.74. The first-order valence-electron chi connectivity index (χ1n) is 9.15. The number of benzene rings is 1. The smallest absolute Gasteiger partial charge is 0.332 e. The zero-order valence-electron chi connectivity index (χ0n) is 15.8. The summed E-state index contributed by atoms with van der Waals surface area (Å²) in [5, 5.41) is 0. The lowest BCUT2D eigenvalue weighted by atomic mass is 10.2. The summed E-state index contributed by atoms with van der Waals surface area (Å²) in [6, 6.07) is 7.35. The van der Waals surface area contributed by atoms with Crippen LogP contribution in [-0.4, -0.2) is 42.5 Å². The van der Waals surface area contributed by atoms with Gasteiger partial charge >= 0.3 is 5.69 Å². The Labute approximate surface area is 157 Å². The van der Waals surface area contributed by atoms with E-state index in [0.717, 1.165) is 12.0 Å². The summed E-state index contributed by atoms with van der Waals surface area (Å²) in [6.07, 6.45) is 0.740. The van der Waals surface area contributed by atoms with Gasteiger partial charge in [-0.05, 0) is 24.1 Å². The summed E-state index contributed by atoms with van der Waals surface area (Å²) < 4.78 is 13.4. The second kappa shape index (κ2) is 8.30. The number of ether oxygens (including phenoxy) is 2. The van der Waals surface area contributed by atoms with Crippen molar-refractivity contribution in [1.82, 2.24) is 9.13 Å². The van der Waals surface area contributed by atoms with E-state index < -0.39 is 0 Å². The molecule has 0 saturated carbocycles. The Morgan fingerprint density at radius 3 is 2.59 bits per heavy atom. The summed E-state index contributed by atoms with van der Waals surface area (Å²) >= 11 is 0. The molecule has 0 aliphatic carbocycles. The standard InChI is InChI=1S/C19H26N4O4/c1-3-7-22-17(20)16(21-8-10-27-11-9-21)18(24)23(19(22)25)13-14-5-4-6-15(12-14)26-2/h4-6,12H,3,7-11,13,20H2,1-2H3. The van der Waals surface area contributed by atoms with Gasteiger partial charge in [0.1, 0.15) is 17.3 Å². The number of nitrogen functional groups attached to an aromatic ring is 1.